The highest BCUT2D eigenvalue weighted by Gasteiger charge is 2.26. The second kappa shape index (κ2) is 12.0. The first-order chi connectivity index (χ1) is 17.1. The van der Waals surface area contributed by atoms with E-state index in [1.165, 1.54) is 0 Å². The number of methoxy groups -OCH3 is 1. The predicted octanol–water partition coefficient (Wildman–Crippen LogP) is 2.39. The molecule has 1 aliphatic heterocycles. The van der Waals surface area contributed by atoms with E-state index in [2.05, 4.69) is 37.6 Å². The van der Waals surface area contributed by atoms with Gasteiger partial charge in [-0.15, -0.1) is 0 Å². The number of rotatable bonds is 8. The second-order valence-corrected chi connectivity index (χ2v) is 8.40. The number of nitrogens with one attached hydrogen (secondary N) is 2. The molecular formula is C27H31N5O3. The first-order valence-electron chi connectivity index (χ1n) is 11.8. The summed E-state index contributed by atoms with van der Waals surface area (Å²) in [5.41, 5.74) is 3.11. The summed E-state index contributed by atoms with van der Waals surface area (Å²) in [6, 6.07) is 21.4. The summed E-state index contributed by atoms with van der Waals surface area (Å²) in [5, 5.41) is 5.50. The number of carbonyl (C=O) groups excluding carboxylic acids is 2. The molecule has 1 aliphatic rings. The van der Waals surface area contributed by atoms with E-state index in [1.807, 2.05) is 60.8 Å². The Hall–Kier alpha value is -3.91. The van der Waals surface area contributed by atoms with Crippen molar-refractivity contribution in [3.63, 3.8) is 0 Å². The third kappa shape index (κ3) is 6.58. The Morgan fingerprint density at radius 3 is 2.29 bits per heavy atom. The van der Waals surface area contributed by atoms with Crippen LogP contribution in [0.3, 0.4) is 0 Å². The van der Waals surface area contributed by atoms with E-state index in [0.29, 0.717) is 13.1 Å². The fraction of sp³-hybridized carbons (Fsp3) is 0.296. The standard InChI is InChI=1S/C27H31N5O3/c1-35-24-11-9-23(10-12-24)31-14-16-32(17-15-31)25(22-8-5-13-28-19-22)20-30-27(34)26(33)29-18-21-6-3-2-4-7-21/h2-13,19,25H,14-18,20H2,1H3,(H,29,33)(H,30,34). The van der Waals surface area contributed by atoms with Gasteiger partial charge in [0.15, 0.2) is 0 Å². The molecular weight excluding hydrogens is 442 g/mol. The fourth-order valence-electron chi connectivity index (χ4n) is 4.24. The van der Waals surface area contributed by atoms with Crippen LogP contribution in [-0.4, -0.2) is 61.5 Å². The van der Waals surface area contributed by atoms with Crippen molar-refractivity contribution in [2.75, 3.05) is 44.7 Å². The summed E-state index contributed by atoms with van der Waals surface area (Å²) in [4.78, 5) is 33.8. The maximum Gasteiger partial charge on any atom is 0.309 e. The molecule has 8 nitrogen and oxygen atoms in total. The lowest BCUT2D eigenvalue weighted by Gasteiger charge is -2.40. The third-order valence-corrected chi connectivity index (χ3v) is 6.22. The predicted molar refractivity (Wildman–Crippen MR) is 135 cm³/mol. The number of aromatic nitrogens is 1. The number of carbonyl (C=O) groups is 2. The minimum absolute atomic E-state index is 0.0763. The van der Waals surface area contributed by atoms with Gasteiger partial charge in [0.2, 0.25) is 0 Å². The molecule has 0 aliphatic carbocycles. The Morgan fingerprint density at radius 1 is 0.914 bits per heavy atom. The van der Waals surface area contributed by atoms with Gasteiger partial charge in [-0.05, 0) is 41.5 Å². The lowest BCUT2D eigenvalue weighted by Crippen LogP contribution is -2.50. The number of hydrogen-bond donors (Lipinski definition) is 2. The van der Waals surface area contributed by atoms with Crippen LogP contribution >= 0.6 is 0 Å². The number of hydrogen-bond acceptors (Lipinski definition) is 6. The van der Waals surface area contributed by atoms with Crippen LogP contribution in [0.4, 0.5) is 5.69 Å². The van der Waals surface area contributed by atoms with E-state index < -0.39 is 11.8 Å². The molecule has 2 aromatic carbocycles. The van der Waals surface area contributed by atoms with E-state index in [0.717, 1.165) is 48.7 Å². The monoisotopic (exact) mass is 473 g/mol. The van der Waals surface area contributed by atoms with Gasteiger partial charge in [-0.1, -0.05) is 36.4 Å². The Morgan fingerprint density at radius 2 is 1.63 bits per heavy atom. The van der Waals surface area contributed by atoms with Gasteiger partial charge in [-0.2, -0.15) is 0 Å². The zero-order valence-corrected chi connectivity index (χ0v) is 19.9. The first-order valence-corrected chi connectivity index (χ1v) is 11.8. The number of pyridine rings is 1. The Kier molecular flexibility index (Phi) is 8.30. The van der Waals surface area contributed by atoms with Crippen molar-refractivity contribution in [2.24, 2.45) is 0 Å². The van der Waals surface area contributed by atoms with Crippen LogP contribution < -0.4 is 20.3 Å². The molecule has 0 radical (unpaired) electrons. The lowest BCUT2D eigenvalue weighted by molar-refractivity contribution is -0.139. The van der Waals surface area contributed by atoms with Crippen LogP contribution in [0.15, 0.2) is 79.1 Å². The molecule has 2 heterocycles. The zero-order valence-electron chi connectivity index (χ0n) is 19.9. The molecule has 1 atom stereocenters. The number of amides is 2. The summed E-state index contributed by atoms with van der Waals surface area (Å²) < 4.78 is 5.26. The summed E-state index contributed by atoms with van der Waals surface area (Å²) in [6.45, 7) is 3.99. The molecule has 1 aromatic heterocycles. The van der Waals surface area contributed by atoms with E-state index in [4.69, 9.17) is 4.74 Å². The van der Waals surface area contributed by atoms with Crippen LogP contribution in [0.2, 0.25) is 0 Å². The smallest absolute Gasteiger partial charge is 0.309 e. The number of benzene rings is 2. The van der Waals surface area contributed by atoms with Crippen molar-refractivity contribution in [3.05, 3.63) is 90.3 Å². The van der Waals surface area contributed by atoms with Crippen LogP contribution in [0, 0.1) is 0 Å². The number of piperazine rings is 1. The Bertz CT molecular complexity index is 1080. The van der Waals surface area contributed by atoms with Gasteiger partial charge < -0.3 is 20.3 Å². The Balaban J connectivity index is 1.34. The minimum Gasteiger partial charge on any atom is -0.497 e. The molecule has 1 fully saturated rings. The van der Waals surface area contributed by atoms with Gasteiger partial charge in [0.05, 0.1) is 13.2 Å². The largest absolute Gasteiger partial charge is 0.497 e. The molecule has 1 saturated heterocycles. The number of ether oxygens (including phenoxy) is 1. The molecule has 0 saturated carbocycles. The molecule has 3 aromatic rings. The van der Waals surface area contributed by atoms with Gasteiger partial charge in [0.25, 0.3) is 0 Å². The molecule has 35 heavy (non-hydrogen) atoms. The zero-order chi connectivity index (χ0) is 24.5. The summed E-state index contributed by atoms with van der Waals surface area (Å²) >= 11 is 0. The van der Waals surface area contributed by atoms with Gasteiger partial charge >= 0.3 is 11.8 Å². The molecule has 0 bridgehead atoms. The second-order valence-electron chi connectivity index (χ2n) is 8.40. The highest BCUT2D eigenvalue weighted by Crippen LogP contribution is 2.25. The molecule has 182 valence electrons. The SMILES string of the molecule is COc1ccc(N2CCN(C(CNC(=O)C(=O)NCc3ccccc3)c3cccnc3)CC2)cc1. The van der Waals surface area contributed by atoms with Crippen LogP contribution in [0.5, 0.6) is 5.75 Å². The molecule has 0 spiro atoms. The van der Waals surface area contributed by atoms with Gasteiger partial charge in [-0.3, -0.25) is 19.5 Å². The first kappa shape index (κ1) is 24.2. The fourth-order valence-corrected chi connectivity index (χ4v) is 4.24. The topological polar surface area (TPSA) is 86.8 Å². The van der Waals surface area contributed by atoms with E-state index in [1.54, 1.807) is 13.3 Å². The van der Waals surface area contributed by atoms with E-state index >= 15 is 0 Å². The molecule has 8 heteroatoms. The van der Waals surface area contributed by atoms with Gasteiger partial charge in [0.1, 0.15) is 5.75 Å². The lowest BCUT2D eigenvalue weighted by atomic mass is 10.1. The highest BCUT2D eigenvalue weighted by atomic mass is 16.5. The number of anilines is 1. The normalized spacial score (nSPS) is 14.7. The van der Waals surface area contributed by atoms with E-state index in [9.17, 15) is 9.59 Å². The minimum atomic E-state index is -0.636. The Labute approximate surface area is 205 Å². The van der Waals surface area contributed by atoms with Crippen molar-refractivity contribution >= 4 is 17.5 Å². The quantitative estimate of drug-likeness (QED) is 0.489. The van der Waals surface area contributed by atoms with Crippen molar-refractivity contribution in [3.8, 4) is 5.75 Å². The van der Waals surface area contributed by atoms with Crippen molar-refractivity contribution in [2.45, 2.75) is 12.6 Å². The van der Waals surface area contributed by atoms with Crippen molar-refractivity contribution in [1.82, 2.24) is 20.5 Å². The molecule has 2 amide bonds. The maximum atomic E-state index is 12.5. The summed E-state index contributed by atoms with van der Waals surface area (Å²) in [5.74, 6) is -0.428. The van der Waals surface area contributed by atoms with Crippen molar-refractivity contribution < 1.29 is 14.3 Å². The third-order valence-electron chi connectivity index (χ3n) is 6.22. The summed E-state index contributed by atoms with van der Waals surface area (Å²) in [6.07, 6.45) is 3.56. The van der Waals surface area contributed by atoms with Crippen LogP contribution in [-0.2, 0) is 16.1 Å². The van der Waals surface area contributed by atoms with Crippen LogP contribution in [0.1, 0.15) is 17.2 Å². The molecule has 1 unspecified atom stereocenters. The van der Waals surface area contributed by atoms with Crippen molar-refractivity contribution in [1.29, 1.82) is 0 Å². The molecule has 4 rings (SSSR count). The summed E-state index contributed by atoms with van der Waals surface area (Å²) in [7, 11) is 1.66. The van der Waals surface area contributed by atoms with Gasteiger partial charge in [-0.25, -0.2) is 0 Å². The van der Waals surface area contributed by atoms with E-state index in [-0.39, 0.29) is 6.04 Å². The van der Waals surface area contributed by atoms with Crippen LogP contribution in [0.25, 0.3) is 0 Å². The highest BCUT2D eigenvalue weighted by molar-refractivity contribution is 6.35. The maximum absolute atomic E-state index is 12.5. The average Bonchev–Trinajstić information content (AvgIpc) is 2.93. The average molecular weight is 474 g/mol. The van der Waals surface area contributed by atoms with Gasteiger partial charge in [0, 0.05) is 57.3 Å². The number of nitrogens with zero attached hydrogens (tertiary/aromatic N) is 3. The molecule has 2 N–H and O–H groups in total.